The first kappa shape index (κ1) is 15.8. The lowest BCUT2D eigenvalue weighted by Gasteiger charge is -2.15. The molecule has 0 aliphatic heterocycles. The molecule has 0 heterocycles. The van der Waals surface area contributed by atoms with Crippen molar-refractivity contribution >= 4 is 23.6 Å². The highest BCUT2D eigenvalue weighted by atomic mass is 35.5. The van der Waals surface area contributed by atoms with Crippen LogP contribution in [0.3, 0.4) is 0 Å². The monoisotopic (exact) mass is 310 g/mol. The molecule has 0 N–H and O–H groups in total. The lowest BCUT2D eigenvalue weighted by Crippen LogP contribution is -2.24. The van der Waals surface area contributed by atoms with Crippen molar-refractivity contribution in [2.45, 2.75) is 6.54 Å². The number of hydrogen-bond acceptors (Lipinski definition) is 2. The van der Waals surface area contributed by atoms with Gasteiger partial charge in [0.1, 0.15) is 0 Å². The number of carbonyl (C=O) groups is 1. The van der Waals surface area contributed by atoms with Crippen molar-refractivity contribution in [1.82, 2.24) is 4.90 Å². The summed E-state index contributed by atoms with van der Waals surface area (Å²) < 4.78 is 0. The highest BCUT2D eigenvalue weighted by Crippen LogP contribution is 2.12. The van der Waals surface area contributed by atoms with E-state index in [9.17, 15) is 4.79 Å². The van der Waals surface area contributed by atoms with Gasteiger partial charge in [-0.3, -0.25) is 4.79 Å². The average Bonchev–Trinajstić information content (AvgIpc) is 2.53. The predicted octanol–water partition coefficient (Wildman–Crippen LogP) is 3.88. The van der Waals surface area contributed by atoms with Crippen LogP contribution in [0.1, 0.15) is 16.7 Å². The molecule has 0 aliphatic rings. The molecule has 0 aromatic heterocycles. The summed E-state index contributed by atoms with van der Waals surface area (Å²) in [6, 6.07) is 16.6. The van der Waals surface area contributed by atoms with Crippen LogP contribution in [-0.4, -0.2) is 17.9 Å². The second-order valence-electron chi connectivity index (χ2n) is 4.89. The number of rotatable bonds is 4. The summed E-state index contributed by atoms with van der Waals surface area (Å²) in [7, 11) is 1.74. The summed E-state index contributed by atoms with van der Waals surface area (Å²) >= 11 is 5.90. The first-order valence-corrected chi connectivity index (χ1v) is 7.14. The van der Waals surface area contributed by atoms with E-state index in [4.69, 9.17) is 16.9 Å². The molecule has 0 saturated heterocycles. The maximum Gasteiger partial charge on any atom is 0.246 e. The van der Waals surface area contributed by atoms with Crippen molar-refractivity contribution in [3.63, 3.8) is 0 Å². The Morgan fingerprint density at radius 1 is 1.27 bits per heavy atom. The minimum absolute atomic E-state index is 0.0932. The molecule has 0 aliphatic carbocycles. The zero-order valence-electron chi connectivity index (χ0n) is 12.2. The molecule has 2 aromatic carbocycles. The van der Waals surface area contributed by atoms with Crippen LogP contribution in [0, 0.1) is 11.3 Å². The van der Waals surface area contributed by atoms with E-state index in [2.05, 4.69) is 6.07 Å². The SMILES string of the molecule is CN(Cc1ccc(C#N)cc1)C(=O)/C=C/c1cccc(Cl)c1. The van der Waals surface area contributed by atoms with E-state index in [1.54, 1.807) is 42.3 Å². The number of nitrogens with zero attached hydrogens (tertiary/aromatic N) is 2. The molecule has 0 bridgehead atoms. The third kappa shape index (κ3) is 4.47. The largest absolute Gasteiger partial charge is 0.338 e. The Kier molecular flexibility index (Phi) is 5.35. The zero-order chi connectivity index (χ0) is 15.9. The van der Waals surface area contributed by atoms with Crippen LogP contribution in [0.15, 0.2) is 54.6 Å². The summed E-state index contributed by atoms with van der Waals surface area (Å²) in [4.78, 5) is 13.7. The van der Waals surface area contributed by atoms with Crippen LogP contribution in [-0.2, 0) is 11.3 Å². The van der Waals surface area contributed by atoms with Gasteiger partial charge in [0.25, 0.3) is 0 Å². The van der Waals surface area contributed by atoms with Gasteiger partial charge in [0.15, 0.2) is 0 Å². The van der Waals surface area contributed by atoms with Crippen molar-refractivity contribution in [3.05, 3.63) is 76.3 Å². The first-order chi connectivity index (χ1) is 10.6. The van der Waals surface area contributed by atoms with Gasteiger partial charge in [-0.1, -0.05) is 35.9 Å². The second kappa shape index (κ2) is 7.44. The van der Waals surface area contributed by atoms with E-state index < -0.39 is 0 Å². The smallest absolute Gasteiger partial charge is 0.246 e. The van der Waals surface area contributed by atoms with Gasteiger partial charge < -0.3 is 4.90 Å². The lowest BCUT2D eigenvalue weighted by atomic mass is 10.1. The molecule has 0 radical (unpaired) electrons. The van der Waals surface area contributed by atoms with Gasteiger partial charge in [0, 0.05) is 24.7 Å². The van der Waals surface area contributed by atoms with Crippen LogP contribution >= 0.6 is 11.6 Å². The topological polar surface area (TPSA) is 44.1 Å². The summed E-state index contributed by atoms with van der Waals surface area (Å²) in [5.74, 6) is -0.0932. The minimum atomic E-state index is -0.0932. The van der Waals surface area contributed by atoms with Gasteiger partial charge in [0.05, 0.1) is 11.6 Å². The highest BCUT2D eigenvalue weighted by Gasteiger charge is 2.05. The standard InChI is InChI=1S/C18H15ClN2O/c1-21(13-16-7-5-15(12-20)6-8-16)18(22)10-9-14-3-2-4-17(19)11-14/h2-11H,13H2,1H3/b10-9+. The quantitative estimate of drug-likeness (QED) is 0.804. The van der Waals surface area contributed by atoms with Crippen molar-refractivity contribution in [1.29, 1.82) is 5.26 Å². The Bertz CT molecular complexity index is 729. The first-order valence-electron chi connectivity index (χ1n) is 6.76. The maximum atomic E-state index is 12.1. The van der Waals surface area contributed by atoms with Crippen LogP contribution in [0.4, 0.5) is 0 Å². The van der Waals surface area contributed by atoms with Crippen molar-refractivity contribution in [2.75, 3.05) is 7.05 Å². The van der Waals surface area contributed by atoms with E-state index in [-0.39, 0.29) is 5.91 Å². The molecule has 4 heteroatoms. The average molecular weight is 311 g/mol. The van der Waals surface area contributed by atoms with Crippen LogP contribution in [0.5, 0.6) is 0 Å². The summed E-state index contributed by atoms with van der Waals surface area (Å²) in [6.45, 7) is 0.491. The Hall–Kier alpha value is -2.57. The van der Waals surface area contributed by atoms with Crippen LogP contribution in [0.25, 0.3) is 6.08 Å². The summed E-state index contributed by atoms with van der Waals surface area (Å²) in [5.41, 5.74) is 2.47. The zero-order valence-corrected chi connectivity index (χ0v) is 12.9. The second-order valence-corrected chi connectivity index (χ2v) is 5.33. The Morgan fingerprint density at radius 3 is 2.64 bits per heavy atom. The number of nitriles is 1. The van der Waals surface area contributed by atoms with Crippen molar-refractivity contribution in [2.24, 2.45) is 0 Å². The van der Waals surface area contributed by atoms with Gasteiger partial charge >= 0.3 is 0 Å². The van der Waals surface area contributed by atoms with E-state index >= 15 is 0 Å². The van der Waals surface area contributed by atoms with Crippen LogP contribution in [0.2, 0.25) is 5.02 Å². The van der Waals surface area contributed by atoms with E-state index in [0.29, 0.717) is 17.1 Å². The molecule has 3 nitrogen and oxygen atoms in total. The van der Waals surface area contributed by atoms with Crippen molar-refractivity contribution < 1.29 is 4.79 Å². The number of amides is 1. The van der Waals surface area contributed by atoms with E-state index in [0.717, 1.165) is 11.1 Å². The Balaban J connectivity index is 1.98. The Morgan fingerprint density at radius 2 is 2.00 bits per heavy atom. The third-order valence-corrected chi connectivity index (χ3v) is 3.38. The Labute approximate surface area is 135 Å². The highest BCUT2D eigenvalue weighted by molar-refractivity contribution is 6.30. The van der Waals surface area contributed by atoms with E-state index in [1.165, 1.54) is 6.08 Å². The summed E-state index contributed by atoms with van der Waals surface area (Å²) in [5, 5.41) is 9.40. The van der Waals surface area contributed by atoms with Gasteiger partial charge in [-0.2, -0.15) is 5.26 Å². The molecule has 0 atom stereocenters. The third-order valence-electron chi connectivity index (χ3n) is 3.15. The van der Waals surface area contributed by atoms with E-state index in [1.807, 2.05) is 24.3 Å². The molecule has 0 saturated carbocycles. The van der Waals surface area contributed by atoms with Gasteiger partial charge in [-0.15, -0.1) is 0 Å². The normalized spacial score (nSPS) is 10.4. The molecule has 0 fully saturated rings. The number of halogens is 1. The minimum Gasteiger partial charge on any atom is -0.338 e. The van der Waals surface area contributed by atoms with Gasteiger partial charge in [0.2, 0.25) is 5.91 Å². The lowest BCUT2D eigenvalue weighted by molar-refractivity contribution is -0.125. The molecule has 2 aromatic rings. The number of benzene rings is 2. The molecular weight excluding hydrogens is 296 g/mol. The number of likely N-dealkylation sites (N-methyl/N-ethyl adjacent to an activating group) is 1. The molecule has 22 heavy (non-hydrogen) atoms. The van der Waals surface area contributed by atoms with Gasteiger partial charge in [-0.25, -0.2) is 0 Å². The fraction of sp³-hybridized carbons (Fsp3) is 0.111. The van der Waals surface area contributed by atoms with Gasteiger partial charge in [-0.05, 0) is 41.5 Å². The summed E-state index contributed by atoms with van der Waals surface area (Å²) in [6.07, 6.45) is 3.26. The number of carbonyl (C=O) groups excluding carboxylic acids is 1. The van der Waals surface area contributed by atoms with Crippen molar-refractivity contribution in [3.8, 4) is 6.07 Å². The maximum absolute atomic E-state index is 12.1. The van der Waals surface area contributed by atoms with Crippen LogP contribution < -0.4 is 0 Å². The fourth-order valence-electron chi connectivity index (χ4n) is 1.94. The fourth-order valence-corrected chi connectivity index (χ4v) is 2.14. The molecular formula is C18H15ClN2O. The molecule has 0 spiro atoms. The molecule has 2 rings (SSSR count). The predicted molar refractivity (Wildman–Crippen MR) is 88.1 cm³/mol. The molecule has 0 unspecified atom stereocenters. The molecule has 110 valence electrons. The molecule has 1 amide bonds. The number of hydrogen-bond donors (Lipinski definition) is 0.